The minimum Gasteiger partial charge on any atom is -0.364 e. The summed E-state index contributed by atoms with van der Waals surface area (Å²) in [6, 6.07) is 0. The van der Waals surface area contributed by atoms with Gasteiger partial charge in [-0.1, -0.05) is 11.6 Å². The molecule has 1 aromatic heterocycles. The number of carbonyl (C=O) groups is 1. The van der Waals surface area contributed by atoms with E-state index in [4.69, 9.17) is 4.52 Å². The summed E-state index contributed by atoms with van der Waals surface area (Å²) >= 11 is 0. The van der Waals surface area contributed by atoms with Crippen molar-refractivity contribution in [1.29, 1.82) is 0 Å². The molecule has 2 rings (SSSR count). The van der Waals surface area contributed by atoms with Crippen LogP contribution in [0.4, 0.5) is 0 Å². The third kappa shape index (κ3) is 0.964. The topological polar surface area (TPSA) is 43.1 Å². The summed E-state index contributed by atoms with van der Waals surface area (Å²) in [5.41, 5.74) is 1.47. The zero-order valence-electron chi connectivity index (χ0n) is 6.12. The van der Waals surface area contributed by atoms with Crippen molar-refractivity contribution >= 4 is 6.29 Å². The highest BCUT2D eigenvalue weighted by atomic mass is 16.5. The van der Waals surface area contributed by atoms with Gasteiger partial charge < -0.3 is 4.52 Å². The minimum absolute atomic E-state index is 0.481. The van der Waals surface area contributed by atoms with Gasteiger partial charge in [0.05, 0.1) is 0 Å². The van der Waals surface area contributed by atoms with Crippen molar-refractivity contribution in [2.75, 3.05) is 0 Å². The first-order valence-electron chi connectivity index (χ1n) is 3.81. The molecule has 0 unspecified atom stereocenters. The second kappa shape index (κ2) is 2.49. The molecule has 0 atom stereocenters. The molecule has 1 fully saturated rings. The summed E-state index contributed by atoms with van der Waals surface area (Å²) in [6.07, 6.45) is 5.95. The second-order valence-corrected chi connectivity index (χ2v) is 2.90. The summed E-state index contributed by atoms with van der Waals surface area (Å²) < 4.78 is 4.71. The number of nitrogens with zero attached hydrogens (tertiary/aromatic N) is 1. The molecule has 11 heavy (non-hydrogen) atoms. The van der Waals surface area contributed by atoms with Crippen molar-refractivity contribution in [3.05, 3.63) is 17.5 Å². The Bertz CT molecular complexity index is 263. The molecule has 1 aliphatic rings. The number of aldehydes is 1. The number of rotatable bonds is 2. The number of carbonyl (C=O) groups excluding carboxylic acids is 1. The van der Waals surface area contributed by atoms with Crippen molar-refractivity contribution in [3.8, 4) is 0 Å². The van der Waals surface area contributed by atoms with E-state index in [0.717, 1.165) is 11.8 Å². The lowest BCUT2D eigenvalue weighted by Gasteiger charge is -2.23. The molecule has 0 saturated heterocycles. The normalized spacial score (nSPS) is 17.8. The van der Waals surface area contributed by atoms with Crippen LogP contribution in [0.5, 0.6) is 0 Å². The lowest BCUT2D eigenvalue weighted by atomic mass is 9.80. The van der Waals surface area contributed by atoms with E-state index in [9.17, 15) is 4.79 Å². The van der Waals surface area contributed by atoms with Crippen LogP contribution in [-0.4, -0.2) is 11.4 Å². The van der Waals surface area contributed by atoms with Crippen molar-refractivity contribution < 1.29 is 9.32 Å². The van der Waals surface area contributed by atoms with E-state index in [1.54, 1.807) is 6.26 Å². The van der Waals surface area contributed by atoms with Crippen LogP contribution >= 0.6 is 0 Å². The van der Waals surface area contributed by atoms with Crippen LogP contribution in [0.1, 0.15) is 41.2 Å². The Hall–Kier alpha value is -1.12. The molecule has 1 heterocycles. The monoisotopic (exact) mass is 151 g/mol. The van der Waals surface area contributed by atoms with Gasteiger partial charge in [-0.15, -0.1) is 0 Å². The maximum absolute atomic E-state index is 10.4. The number of hydrogen-bond acceptors (Lipinski definition) is 3. The average Bonchev–Trinajstić information content (AvgIpc) is 2.32. The van der Waals surface area contributed by atoms with Gasteiger partial charge in [0.15, 0.2) is 6.29 Å². The Morgan fingerprint density at radius 3 is 3.00 bits per heavy atom. The largest absolute Gasteiger partial charge is 0.364 e. The molecule has 1 saturated carbocycles. The molecule has 1 aliphatic carbocycles. The maximum atomic E-state index is 10.4. The highest BCUT2D eigenvalue weighted by molar-refractivity contribution is 5.74. The summed E-state index contributed by atoms with van der Waals surface area (Å²) in [5.74, 6) is 0.529. The first-order chi connectivity index (χ1) is 5.42. The molecule has 0 N–H and O–H groups in total. The molecule has 0 bridgehead atoms. The molecular formula is C8H9NO2. The Labute approximate surface area is 64.4 Å². The smallest absolute Gasteiger partial charge is 0.172 e. The SMILES string of the molecule is O=Cc1nocc1C1CCC1. The number of hydrogen-bond donors (Lipinski definition) is 0. The van der Waals surface area contributed by atoms with Crippen LogP contribution in [0.3, 0.4) is 0 Å². The summed E-state index contributed by atoms with van der Waals surface area (Å²) in [4.78, 5) is 10.4. The second-order valence-electron chi connectivity index (χ2n) is 2.90. The minimum atomic E-state index is 0.481. The molecule has 58 valence electrons. The highest BCUT2D eigenvalue weighted by Gasteiger charge is 2.24. The van der Waals surface area contributed by atoms with E-state index < -0.39 is 0 Å². The Balaban J connectivity index is 2.27. The van der Waals surface area contributed by atoms with Crippen molar-refractivity contribution in [3.63, 3.8) is 0 Å². The van der Waals surface area contributed by atoms with E-state index in [-0.39, 0.29) is 0 Å². The molecule has 3 nitrogen and oxygen atoms in total. The van der Waals surface area contributed by atoms with Gasteiger partial charge in [0.2, 0.25) is 0 Å². The fourth-order valence-corrected chi connectivity index (χ4v) is 1.37. The van der Waals surface area contributed by atoms with Crippen molar-refractivity contribution in [2.45, 2.75) is 25.2 Å². The van der Waals surface area contributed by atoms with E-state index in [2.05, 4.69) is 5.16 Å². The molecule has 0 spiro atoms. The van der Waals surface area contributed by atoms with Gasteiger partial charge >= 0.3 is 0 Å². The number of aromatic nitrogens is 1. The molecule has 1 aromatic rings. The van der Waals surface area contributed by atoms with Crippen LogP contribution in [-0.2, 0) is 0 Å². The lowest BCUT2D eigenvalue weighted by molar-refractivity contribution is 0.111. The Kier molecular flexibility index (Phi) is 1.49. The third-order valence-corrected chi connectivity index (χ3v) is 2.28. The zero-order valence-corrected chi connectivity index (χ0v) is 6.12. The Morgan fingerprint density at radius 2 is 2.45 bits per heavy atom. The molecule has 0 amide bonds. The van der Waals surface area contributed by atoms with Gasteiger partial charge in [-0.05, 0) is 18.8 Å². The van der Waals surface area contributed by atoms with E-state index in [1.807, 2.05) is 0 Å². The van der Waals surface area contributed by atoms with Crippen molar-refractivity contribution in [1.82, 2.24) is 5.16 Å². The molecule has 0 aliphatic heterocycles. The maximum Gasteiger partial charge on any atom is 0.172 e. The van der Waals surface area contributed by atoms with Gasteiger partial charge in [-0.25, -0.2) is 0 Å². The lowest BCUT2D eigenvalue weighted by Crippen LogP contribution is -2.09. The molecule has 3 heteroatoms. The van der Waals surface area contributed by atoms with Gasteiger partial charge in [-0.3, -0.25) is 4.79 Å². The third-order valence-electron chi connectivity index (χ3n) is 2.28. The van der Waals surface area contributed by atoms with Gasteiger partial charge in [0, 0.05) is 5.56 Å². The summed E-state index contributed by atoms with van der Waals surface area (Å²) in [5, 5.41) is 3.59. The van der Waals surface area contributed by atoms with Gasteiger partial charge in [0.1, 0.15) is 12.0 Å². The highest BCUT2D eigenvalue weighted by Crippen LogP contribution is 2.37. The summed E-state index contributed by atoms with van der Waals surface area (Å²) in [6.45, 7) is 0. The average molecular weight is 151 g/mol. The quantitative estimate of drug-likeness (QED) is 0.605. The van der Waals surface area contributed by atoms with Crippen molar-refractivity contribution in [2.24, 2.45) is 0 Å². The fraction of sp³-hybridized carbons (Fsp3) is 0.500. The van der Waals surface area contributed by atoms with E-state index >= 15 is 0 Å². The first-order valence-corrected chi connectivity index (χ1v) is 3.81. The van der Waals surface area contributed by atoms with Crippen LogP contribution in [0.15, 0.2) is 10.8 Å². The van der Waals surface area contributed by atoms with E-state index in [1.165, 1.54) is 19.3 Å². The van der Waals surface area contributed by atoms with Crippen LogP contribution in [0.25, 0.3) is 0 Å². The molecule has 0 aromatic carbocycles. The molecule has 0 radical (unpaired) electrons. The van der Waals surface area contributed by atoms with E-state index in [0.29, 0.717) is 11.6 Å². The molecular weight excluding hydrogens is 142 g/mol. The van der Waals surface area contributed by atoms with Crippen LogP contribution in [0, 0.1) is 0 Å². The van der Waals surface area contributed by atoms with Gasteiger partial charge in [-0.2, -0.15) is 0 Å². The zero-order chi connectivity index (χ0) is 7.68. The predicted octanol–water partition coefficient (Wildman–Crippen LogP) is 1.75. The van der Waals surface area contributed by atoms with Crippen LogP contribution < -0.4 is 0 Å². The first kappa shape index (κ1) is 6.58. The van der Waals surface area contributed by atoms with Crippen LogP contribution in [0.2, 0.25) is 0 Å². The fourth-order valence-electron chi connectivity index (χ4n) is 1.37. The Morgan fingerprint density at radius 1 is 1.64 bits per heavy atom. The van der Waals surface area contributed by atoms with Gasteiger partial charge in [0.25, 0.3) is 0 Å². The standard InChI is InChI=1S/C8H9NO2/c10-4-8-7(5-11-9-8)6-2-1-3-6/h4-6H,1-3H2. The summed E-state index contributed by atoms with van der Waals surface area (Å²) in [7, 11) is 0. The predicted molar refractivity (Wildman–Crippen MR) is 38.5 cm³/mol.